The second-order valence-corrected chi connectivity index (χ2v) is 13.7. The molecule has 0 atom stereocenters. The van der Waals surface area contributed by atoms with E-state index in [9.17, 15) is 16.8 Å². The third kappa shape index (κ3) is 4.34. The first-order chi connectivity index (χ1) is 15.8. The molecule has 0 radical (unpaired) electrons. The summed E-state index contributed by atoms with van der Waals surface area (Å²) in [5.74, 6) is -0.237. The minimum absolute atomic E-state index is 0.00381. The molecule has 0 aliphatic rings. The second kappa shape index (κ2) is 8.45. The van der Waals surface area contributed by atoms with Gasteiger partial charge in [-0.2, -0.15) is 0 Å². The third-order valence-corrected chi connectivity index (χ3v) is 11.6. The van der Waals surface area contributed by atoms with Crippen molar-refractivity contribution in [3.63, 3.8) is 0 Å². The molecule has 5 rings (SSSR count). The maximum Gasteiger partial charge on any atom is 0.215 e. The molecule has 0 N–H and O–H groups in total. The summed E-state index contributed by atoms with van der Waals surface area (Å²) in [7, 11) is -7.50. The van der Waals surface area contributed by atoms with Crippen LogP contribution in [0.2, 0.25) is 0 Å². The second-order valence-electron chi connectivity index (χ2n) is 7.21. The molecule has 6 nitrogen and oxygen atoms in total. The Kier molecular flexibility index (Phi) is 5.61. The van der Waals surface area contributed by atoms with E-state index in [1.54, 1.807) is 48.8 Å². The van der Waals surface area contributed by atoms with Gasteiger partial charge in [0.1, 0.15) is 13.4 Å². The van der Waals surface area contributed by atoms with Crippen LogP contribution in [-0.2, 0) is 25.4 Å². The smallest absolute Gasteiger partial charge is 0.215 e. The quantitative estimate of drug-likeness (QED) is 0.309. The highest BCUT2D eigenvalue weighted by atomic mass is 32.3. The number of rotatable bonds is 6. The molecule has 0 unspecified atom stereocenters. The maximum atomic E-state index is 13.1. The molecule has 0 saturated heterocycles. The van der Waals surface area contributed by atoms with Crippen LogP contribution in [0.4, 0.5) is 0 Å². The van der Waals surface area contributed by atoms with Gasteiger partial charge in [0.05, 0.1) is 20.9 Å². The Balaban J connectivity index is 1.43. The number of hydrogen-bond donors (Lipinski definition) is 0. The van der Waals surface area contributed by atoms with Gasteiger partial charge >= 0.3 is 0 Å². The highest BCUT2D eigenvalue weighted by Crippen LogP contribution is 2.33. The molecule has 0 bridgehead atoms. The fraction of sp³-hybridized carbons (Fsp3) is 0.0435. The van der Waals surface area contributed by atoms with E-state index in [4.69, 9.17) is 0 Å². The molecule has 5 aromatic rings. The van der Waals surface area contributed by atoms with E-state index in [0.717, 1.165) is 32.1 Å². The van der Waals surface area contributed by atoms with Crippen molar-refractivity contribution >= 4 is 52.6 Å². The van der Waals surface area contributed by atoms with Crippen molar-refractivity contribution in [1.29, 1.82) is 0 Å². The van der Waals surface area contributed by atoms with Gasteiger partial charge in [-0.3, -0.25) is 4.98 Å². The predicted molar refractivity (Wildman–Crippen MR) is 130 cm³/mol. The number of benzene rings is 2. The Morgan fingerprint density at radius 1 is 0.788 bits per heavy atom. The zero-order chi connectivity index (χ0) is 23.1. The molecule has 3 aromatic heterocycles. The van der Waals surface area contributed by atoms with Crippen molar-refractivity contribution in [1.82, 2.24) is 9.97 Å². The third-order valence-electron chi connectivity index (χ3n) is 4.90. The Labute approximate surface area is 199 Å². The monoisotopic (exact) mass is 512 g/mol. The lowest BCUT2D eigenvalue weighted by molar-refractivity contribution is 0.596. The first-order valence-electron chi connectivity index (χ1n) is 9.75. The normalized spacial score (nSPS) is 12.2. The number of pyridine rings is 1. The zero-order valence-electron chi connectivity index (χ0n) is 17.0. The van der Waals surface area contributed by atoms with Crippen LogP contribution >= 0.6 is 22.7 Å². The number of fused-ring (bicyclic) bond motifs is 1. The molecule has 166 valence electrons. The first kappa shape index (κ1) is 21.9. The average molecular weight is 513 g/mol. The lowest BCUT2D eigenvalue weighted by Gasteiger charge is -2.05. The van der Waals surface area contributed by atoms with Crippen LogP contribution in [0.25, 0.3) is 20.8 Å². The Hall–Kier alpha value is -2.92. The lowest BCUT2D eigenvalue weighted by atomic mass is 10.1. The van der Waals surface area contributed by atoms with E-state index in [1.807, 2.05) is 12.1 Å². The van der Waals surface area contributed by atoms with E-state index in [-0.39, 0.29) is 19.1 Å². The summed E-state index contributed by atoms with van der Waals surface area (Å²) >= 11 is 2.26. The highest BCUT2D eigenvalue weighted by Gasteiger charge is 2.24. The van der Waals surface area contributed by atoms with Gasteiger partial charge in [-0.1, -0.05) is 36.4 Å². The number of aromatic nitrogens is 2. The SMILES string of the molecule is O=S(=O)(Cc1cccc(-c2nc3ccncc3s2)c1)c1ccc(S(=O)(=O)c2ccccc2)s1. The summed E-state index contributed by atoms with van der Waals surface area (Å²) in [6.07, 6.45) is 3.44. The molecule has 2 aromatic carbocycles. The number of thiophene rings is 1. The molecule has 0 aliphatic heterocycles. The summed E-state index contributed by atoms with van der Waals surface area (Å²) in [4.78, 5) is 8.84. The van der Waals surface area contributed by atoms with Crippen LogP contribution in [0.3, 0.4) is 0 Å². The molecule has 0 amide bonds. The molecular formula is C23H16N2O4S4. The van der Waals surface area contributed by atoms with Gasteiger partial charge in [0.2, 0.25) is 9.84 Å². The Morgan fingerprint density at radius 3 is 2.36 bits per heavy atom. The largest absolute Gasteiger partial charge is 0.263 e. The Bertz CT molecular complexity index is 1640. The summed E-state index contributed by atoms with van der Waals surface area (Å²) in [5.41, 5.74) is 2.27. The molecule has 10 heteroatoms. The van der Waals surface area contributed by atoms with Gasteiger partial charge < -0.3 is 0 Å². The van der Waals surface area contributed by atoms with Crippen molar-refractivity contribution in [2.45, 2.75) is 19.1 Å². The van der Waals surface area contributed by atoms with Gasteiger partial charge in [0.25, 0.3) is 0 Å². The van der Waals surface area contributed by atoms with E-state index >= 15 is 0 Å². The van der Waals surface area contributed by atoms with Crippen LogP contribution in [0.15, 0.2) is 98.5 Å². The number of sulfone groups is 2. The lowest BCUT2D eigenvalue weighted by Crippen LogP contribution is -2.03. The Morgan fingerprint density at radius 2 is 1.58 bits per heavy atom. The fourth-order valence-corrected chi connectivity index (χ4v) is 8.86. The van der Waals surface area contributed by atoms with Gasteiger partial charge in [-0.25, -0.2) is 21.8 Å². The highest BCUT2D eigenvalue weighted by molar-refractivity contribution is 7.95. The number of hydrogen-bond acceptors (Lipinski definition) is 8. The topological polar surface area (TPSA) is 94.1 Å². The van der Waals surface area contributed by atoms with Crippen LogP contribution in [-0.4, -0.2) is 26.8 Å². The summed E-state index contributed by atoms with van der Waals surface area (Å²) in [5, 5.41) is 0.782. The predicted octanol–water partition coefficient (Wildman–Crippen LogP) is 5.23. The molecule has 33 heavy (non-hydrogen) atoms. The first-order valence-corrected chi connectivity index (χ1v) is 14.5. The van der Waals surface area contributed by atoms with Gasteiger partial charge in [-0.05, 0) is 42.0 Å². The van der Waals surface area contributed by atoms with Crippen molar-refractivity contribution in [3.05, 3.63) is 90.8 Å². The average Bonchev–Trinajstić information content (AvgIpc) is 3.48. The van der Waals surface area contributed by atoms with Crippen molar-refractivity contribution < 1.29 is 16.8 Å². The number of nitrogens with zero attached hydrogens (tertiary/aromatic N) is 2. The molecule has 0 fully saturated rings. The summed E-state index contributed by atoms with van der Waals surface area (Å²) in [6.45, 7) is 0. The van der Waals surface area contributed by atoms with Crippen LogP contribution < -0.4 is 0 Å². The minimum Gasteiger partial charge on any atom is -0.263 e. The van der Waals surface area contributed by atoms with E-state index < -0.39 is 19.7 Å². The fourth-order valence-electron chi connectivity index (χ4n) is 3.32. The van der Waals surface area contributed by atoms with Crippen molar-refractivity contribution in [2.24, 2.45) is 0 Å². The van der Waals surface area contributed by atoms with Crippen molar-refractivity contribution in [3.8, 4) is 10.6 Å². The van der Waals surface area contributed by atoms with E-state index in [0.29, 0.717) is 5.56 Å². The van der Waals surface area contributed by atoms with Gasteiger partial charge in [-0.15, -0.1) is 22.7 Å². The van der Waals surface area contributed by atoms with Crippen LogP contribution in [0.1, 0.15) is 5.56 Å². The summed E-state index contributed by atoms with van der Waals surface area (Å²) < 4.78 is 52.7. The molecular weight excluding hydrogens is 497 g/mol. The molecule has 0 aliphatic carbocycles. The van der Waals surface area contributed by atoms with E-state index in [1.165, 1.54) is 35.6 Å². The molecule has 3 heterocycles. The van der Waals surface area contributed by atoms with Gasteiger partial charge in [0, 0.05) is 18.0 Å². The van der Waals surface area contributed by atoms with Gasteiger partial charge in [0.15, 0.2) is 9.84 Å². The minimum atomic E-state index is -3.76. The molecule has 0 spiro atoms. The van der Waals surface area contributed by atoms with Crippen LogP contribution in [0, 0.1) is 0 Å². The molecule has 0 saturated carbocycles. The van der Waals surface area contributed by atoms with Crippen LogP contribution in [0.5, 0.6) is 0 Å². The van der Waals surface area contributed by atoms with E-state index in [2.05, 4.69) is 9.97 Å². The summed E-state index contributed by atoms with van der Waals surface area (Å²) in [6, 6.07) is 19.7. The number of thiazole rings is 1. The standard InChI is InChI=1S/C23H16N2O4S4/c26-32(27,21-9-10-22(31-21)33(28,29)18-7-2-1-3-8-18)15-16-5-4-6-17(13-16)23-25-19-11-12-24-14-20(19)30-23/h1-14H,15H2. The van der Waals surface area contributed by atoms with Crippen molar-refractivity contribution in [2.75, 3.05) is 0 Å². The zero-order valence-corrected chi connectivity index (χ0v) is 20.2. The maximum absolute atomic E-state index is 13.1.